The van der Waals surface area contributed by atoms with E-state index in [0.29, 0.717) is 18.8 Å². The number of fused-ring (bicyclic) bond motifs is 1. The fourth-order valence-electron chi connectivity index (χ4n) is 4.28. The van der Waals surface area contributed by atoms with Crippen molar-refractivity contribution in [1.82, 2.24) is 10.2 Å². The van der Waals surface area contributed by atoms with Crippen molar-refractivity contribution in [3.8, 4) is 0 Å². The monoisotopic (exact) mass is 382 g/mol. The van der Waals surface area contributed by atoms with Crippen LogP contribution >= 0.6 is 0 Å². The van der Waals surface area contributed by atoms with E-state index in [1.54, 1.807) is 25.7 Å². The van der Waals surface area contributed by atoms with Gasteiger partial charge >= 0.3 is 12.1 Å². The van der Waals surface area contributed by atoms with Gasteiger partial charge in [0.15, 0.2) is 0 Å². The van der Waals surface area contributed by atoms with Crippen LogP contribution in [0.1, 0.15) is 72.6 Å². The number of nitrogens with one attached hydrogen (secondary N) is 1. The molecule has 0 saturated carbocycles. The van der Waals surface area contributed by atoms with Crippen LogP contribution in [0.15, 0.2) is 0 Å². The molecule has 0 aromatic carbocycles. The maximum atomic E-state index is 13.2. The van der Waals surface area contributed by atoms with Gasteiger partial charge in [-0.3, -0.25) is 4.79 Å². The Kier molecular flexibility index (Phi) is 7.12. The fraction of sp³-hybridized carbons (Fsp3) is 0.850. The number of ether oxygens (including phenoxy) is 2. The van der Waals surface area contributed by atoms with E-state index >= 15 is 0 Å². The molecule has 0 spiro atoms. The second-order valence-electron chi connectivity index (χ2n) is 8.68. The zero-order valence-electron chi connectivity index (χ0n) is 17.2. The molecule has 154 valence electrons. The highest BCUT2D eigenvalue weighted by molar-refractivity contribution is 5.90. The van der Waals surface area contributed by atoms with Crippen molar-refractivity contribution in [2.24, 2.45) is 5.92 Å². The van der Waals surface area contributed by atoms with Gasteiger partial charge in [0.1, 0.15) is 17.7 Å². The van der Waals surface area contributed by atoms with Crippen molar-refractivity contribution in [3.05, 3.63) is 0 Å². The van der Waals surface area contributed by atoms with Crippen LogP contribution in [0.3, 0.4) is 0 Å². The van der Waals surface area contributed by atoms with Crippen molar-refractivity contribution < 1.29 is 23.9 Å². The molecule has 2 fully saturated rings. The summed E-state index contributed by atoms with van der Waals surface area (Å²) < 4.78 is 10.2. The van der Waals surface area contributed by atoms with Crippen molar-refractivity contribution >= 4 is 18.0 Å². The summed E-state index contributed by atoms with van der Waals surface area (Å²) in [5, 5.41) is 2.74. The van der Waals surface area contributed by atoms with Gasteiger partial charge in [-0.15, -0.1) is 0 Å². The van der Waals surface area contributed by atoms with Crippen LogP contribution in [-0.2, 0) is 19.1 Å². The number of carbonyl (C=O) groups excluding carboxylic acids is 3. The first kappa shape index (κ1) is 21.5. The Morgan fingerprint density at radius 2 is 1.89 bits per heavy atom. The number of alkyl carbamates (subject to hydrolysis) is 1. The standard InChI is InChI=1S/C20H34N2O5/c1-6-7-13-8-10-15(21-19(25)27-20(2,3)4)17(23)22-14(12-13)9-11-16(22)18(24)26-5/h13-16H,6-12H2,1-5H3,(H,21,25)/t13-,14-,15+,16+/m1/s1. The number of hydrogen-bond donors (Lipinski definition) is 1. The number of methoxy groups -OCH3 is 1. The van der Waals surface area contributed by atoms with Gasteiger partial charge in [-0.2, -0.15) is 0 Å². The van der Waals surface area contributed by atoms with Gasteiger partial charge in [0.25, 0.3) is 0 Å². The molecule has 2 saturated heterocycles. The number of rotatable bonds is 4. The summed E-state index contributed by atoms with van der Waals surface area (Å²) in [4.78, 5) is 39.4. The van der Waals surface area contributed by atoms with Crippen LogP contribution in [0.5, 0.6) is 0 Å². The van der Waals surface area contributed by atoms with Crippen LogP contribution < -0.4 is 5.32 Å². The Bertz CT molecular complexity index is 557. The minimum absolute atomic E-state index is 0.0291. The third-order valence-electron chi connectivity index (χ3n) is 5.39. The van der Waals surface area contributed by atoms with E-state index in [9.17, 15) is 14.4 Å². The predicted octanol–water partition coefficient (Wildman–Crippen LogP) is 3.01. The summed E-state index contributed by atoms with van der Waals surface area (Å²) in [6.07, 6.45) is 5.32. The second kappa shape index (κ2) is 8.93. The lowest BCUT2D eigenvalue weighted by molar-refractivity contribution is -0.153. The maximum absolute atomic E-state index is 13.2. The van der Waals surface area contributed by atoms with Gasteiger partial charge < -0.3 is 19.7 Å². The van der Waals surface area contributed by atoms with E-state index < -0.39 is 23.8 Å². The molecular weight excluding hydrogens is 348 g/mol. The molecule has 0 radical (unpaired) electrons. The maximum Gasteiger partial charge on any atom is 0.408 e. The van der Waals surface area contributed by atoms with E-state index in [4.69, 9.17) is 9.47 Å². The molecule has 2 rings (SSSR count). The lowest BCUT2D eigenvalue weighted by Gasteiger charge is -2.37. The molecule has 1 N–H and O–H groups in total. The lowest BCUT2D eigenvalue weighted by Crippen LogP contribution is -2.56. The molecule has 7 heteroatoms. The molecule has 4 atom stereocenters. The Labute approximate surface area is 162 Å². The number of nitrogens with zero attached hydrogens (tertiary/aromatic N) is 1. The van der Waals surface area contributed by atoms with Gasteiger partial charge in [0.05, 0.1) is 7.11 Å². The van der Waals surface area contributed by atoms with E-state index in [-0.39, 0.29) is 17.9 Å². The normalized spacial score (nSPS) is 28.8. The van der Waals surface area contributed by atoms with Gasteiger partial charge in [-0.05, 0) is 58.8 Å². The van der Waals surface area contributed by atoms with Crippen LogP contribution in [0.2, 0.25) is 0 Å². The third-order valence-corrected chi connectivity index (χ3v) is 5.39. The highest BCUT2D eigenvalue weighted by Gasteiger charge is 2.45. The van der Waals surface area contributed by atoms with Gasteiger partial charge in [-0.1, -0.05) is 19.8 Å². The van der Waals surface area contributed by atoms with Gasteiger partial charge in [0.2, 0.25) is 5.91 Å². The topological polar surface area (TPSA) is 84.9 Å². The summed E-state index contributed by atoms with van der Waals surface area (Å²) >= 11 is 0. The van der Waals surface area contributed by atoms with Crippen molar-refractivity contribution in [2.45, 2.75) is 96.4 Å². The minimum Gasteiger partial charge on any atom is -0.467 e. The number of carbonyl (C=O) groups is 3. The SMILES string of the molecule is CCC[C@@H]1CC[C@H](NC(=O)OC(C)(C)C)C(=O)N2[C@H](CC[C@H]2C(=O)OC)C1. The van der Waals surface area contributed by atoms with E-state index in [1.807, 2.05) is 0 Å². The lowest BCUT2D eigenvalue weighted by atomic mass is 9.86. The Morgan fingerprint density at radius 3 is 2.48 bits per heavy atom. The van der Waals surface area contributed by atoms with Gasteiger partial charge in [-0.25, -0.2) is 9.59 Å². The molecule has 0 aromatic rings. The third kappa shape index (κ3) is 5.59. The largest absolute Gasteiger partial charge is 0.467 e. The van der Waals surface area contributed by atoms with Crippen LogP contribution in [0.25, 0.3) is 0 Å². The first-order valence-corrected chi connectivity index (χ1v) is 10.1. The Hall–Kier alpha value is -1.79. The summed E-state index contributed by atoms with van der Waals surface area (Å²) in [6.45, 7) is 7.51. The average Bonchev–Trinajstić information content (AvgIpc) is 2.97. The zero-order chi connectivity index (χ0) is 20.2. The zero-order valence-corrected chi connectivity index (χ0v) is 17.2. The first-order valence-electron chi connectivity index (χ1n) is 10.1. The molecule has 0 unspecified atom stereocenters. The highest BCUT2D eigenvalue weighted by atomic mass is 16.6. The smallest absolute Gasteiger partial charge is 0.408 e. The molecular formula is C20H34N2O5. The summed E-state index contributed by atoms with van der Waals surface area (Å²) in [6, 6.07) is -1.20. The van der Waals surface area contributed by atoms with Crippen LogP contribution in [0.4, 0.5) is 4.79 Å². The molecule has 0 aromatic heterocycles. The van der Waals surface area contributed by atoms with Crippen molar-refractivity contribution in [1.29, 1.82) is 0 Å². The van der Waals surface area contributed by atoms with E-state index in [2.05, 4.69) is 12.2 Å². The Morgan fingerprint density at radius 1 is 1.19 bits per heavy atom. The molecule has 2 aliphatic rings. The molecule has 0 aliphatic carbocycles. The minimum atomic E-state index is -0.674. The number of hydrogen-bond acceptors (Lipinski definition) is 5. The molecule has 2 amide bonds. The molecule has 2 heterocycles. The van der Waals surface area contributed by atoms with E-state index in [0.717, 1.165) is 32.1 Å². The summed E-state index contributed by atoms with van der Waals surface area (Å²) in [5.41, 5.74) is -0.635. The average molecular weight is 383 g/mol. The van der Waals surface area contributed by atoms with Crippen LogP contribution in [-0.4, -0.2) is 53.7 Å². The van der Waals surface area contributed by atoms with Crippen molar-refractivity contribution in [3.63, 3.8) is 0 Å². The number of amides is 2. The van der Waals surface area contributed by atoms with Crippen molar-refractivity contribution in [2.75, 3.05) is 7.11 Å². The van der Waals surface area contributed by atoms with E-state index in [1.165, 1.54) is 7.11 Å². The quantitative estimate of drug-likeness (QED) is 0.756. The highest BCUT2D eigenvalue weighted by Crippen LogP contribution is 2.35. The molecule has 7 nitrogen and oxygen atoms in total. The molecule has 2 aliphatic heterocycles. The first-order chi connectivity index (χ1) is 12.7. The molecule has 0 bridgehead atoms. The van der Waals surface area contributed by atoms with Gasteiger partial charge in [0, 0.05) is 6.04 Å². The Balaban J connectivity index is 2.21. The number of esters is 1. The summed E-state index contributed by atoms with van der Waals surface area (Å²) in [5.74, 6) is -0.0990. The van der Waals surface area contributed by atoms with Crippen LogP contribution in [0, 0.1) is 5.92 Å². The fourth-order valence-corrected chi connectivity index (χ4v) is 4.28. The molecule has 27 heavy (non-hydrogen) atoms. The predicted molar refractivity (Wildman–Crippen MR) is 101 cm³/mol. The second-order valence-corrected chi connectivity index (χ2v) is 8.68. The summed E-state index contributed by atoms with van der Waals surface area (Å²) in [7, 11) is 1.35.